The molecule has 4 rings (SSSR count). The Morgan fingerprint density at radius 1 is 1.10 bits per heavy atom. The van der Waals surface area contributed by atoms with Crippen molar-refractivity contribution in [2.45, 2.75) is 19.5 Å². The number of carbonyl (C=O) groups excluding carboxylic acids is 2. The van der Waals surface area contributed by atoms with Gasteiger partial charge in [-0.1, -0.05) is 36.4 Å². The Morgan fingerprint density at radius 2 is 1.87 bits per heavy atom. The van der Waals surface area contributed by atoms with Gasteiger partial charge in [-0.25, -0.2) is 4.39 Å². The molecule has 1 aliphatic heterocycles. The number of amides is 2. The molecule has 0 atom stereocenters. The summed E-state index contributed by atoms with van der Waals surface area (Å²) in [6.07, 6.45) is 2.10. The number of aromatic nitrogens is 1. The number of benzene rings is 2. The first kappa shape index (κ1) is 20.5. The van der Waals surface area contributed by atoms with E-state index in [1.54, 1.807) is 17.2 Å². The summed E-state index contributed by atoms with van der Waals surface area (Å²) in [6, 6.07) is 15.1. The lowest BCUT2D eigenvalue weighted by Gasteiger charge is -2.30. The Hall–Kier alpha value is -3.74. The molecule has 2 amide bonds. The molecule has 2 aromatic carbocycles. The molecule has 7 heteroatoms. The van der Waals surface area contributed by atoms with Crippen LogP contribution in [0.5, 0.6) is 0 Å². The number of hydrogen-bond donors (Lipinski definition) is 1. The van der Waals surface area contributed by atoms with Crippen LogP contribution < -0.4 is 10.9 Å². The minimum absolute atomic E-state index is 0.119. The molecule has 158 valence electrons. The van der Waals surface area contributed by atoms with E-state index in [1.807, 2.05) is 30.3 Å². The van der Waals surface area contributed by atoms with Gasteiger partial charge in [-0.05, 0) is 41.3 Å². The van der Waals surface area contributed by atoms with E-state index in [0.717, 1.165) is 11.1 Å². The van der Waals surface area contributed by atoms with Crippen molar-refractivity contribution in [1.82, 2.24) is 14.8 Å². The lowest BCUT2D eigenvalue weighted by molar-refractivity contribution is 0.0733. The van der Waals surface area contributed by atoms with Crippen LogP contribution in [0.3, 0.4) is 0 Å². The first-order chi connectivity index (χ1) is 15.0. The summed E-state index contributed by atoms with van der Waals surface area (Å²) in [5.74, 6) is -1.19. The zero-order chi connectivity index (χ0) is 22.0. The number of rotatable bonds is 4. The van der Waals surface area contributed by atoms with Crippen LogP contribution in [0.1, 0.15) is 37.4 Å². The highest BCUT2D eigenvalue weighted by Crippen LogP contribution is 2.23. The van der Waals surface area contributed by atoms with Crippen LogP contribution in [0.25, 0.3) is 0 Å². The van der Waals surface area contributed by atoms with Gasteiger partial charge in [0.05, 0.1) is 6.54 Å². The molecule has 1 aromatic heterocycles. The maximum absolute atomic E-state index is 13.6. The summed E-state index contributed by atoms with van der Waals surface area (Å²) in [4.78, 5) is 40.1. The molecule has 2 heterocycles. The lowest BCUT2D eigenvalue weighted by atomic mass is 9.95. The highest BCUT2D eigenvalue weighted by atomic mass is 19.1. The number of carbonyl (C=O) groups is 2. The van der Waals surface area contributed by atoms with Crippen LogP contribution in [0.15, 0.2) is 65.6 Å². The van der Waals surface area contributed by atoms with Crippen molar-refractivity contribution in [2.24, 2.45) is 0 Å². The predicted molar refractivity (Wildman–Crippen MR) is 114 cm³/mol. The Labute approximate surface area is 178 Å². The van der Waals surface area contributed by atoms with Gasteiger partial charge in [0.15, 0.2) is 0 Å². The number of nitrogens with one attached hydrogen (secondary N) is 1. The highest BCUT2D eigenvalue weighted by molar-refractivity contribution is 5.96. The summed E-state index contributed by atoms with van der Waals surface area (Å²) in [7, 11) is 1.49. The number of halogens is 1. The topological polar surface area (TPSA) is 71.4 Å². The van der Waals surface area contributed by atoms with E-state index >= 15 is 0 Å². The second-order valence-electron chi connectivity index (χ2n) is 7.49. The molecule has 0 unspecified atom stereocenters. The minimum atomic E-state index is -0.470. The van der Waals surface area contributed by atoms with Crippen molar-refractivity contribution in [2.75, 3.05) is 13.6 Å². The first-order valence-corrected chi connectivity index (χ1v) is 10.0. The highest BCUT2D eigenvalue weighted by Gasteiger charge is 2.28. The predicted octanol–water partition coefficient (Wildman–Crippen LogP) is 2.59. The second kappa shape index (κ2) is 8.55. The van der Waals surface area contributed by atoms with Gasteiger partial charge in [0.1, 0.15) is 11.4 Å². The molecule has 0 saturated carbocycles. The quantitative estimate of drug-likeness (QED) is 0.707. The van der Waals surface area contributed by atoms with Crippen LogP contribution in [-0.2, 0) is 19.5 Å². The Bertz CT molecular complexity index is 1200. The number of hydrogen-bond acceptors (Lipinski definition) is 3. The third-order valence-corrected chi connectivity index (χ3v) is 5.48. The number of fused-ring (bicyclic) bond motifs is 1. The van der Waals surface area contributed by atoms with Gasteiger partial charge in [-0.2, -0.15) is 0 Å². The Kier molecular flexibility index (Phi) is 5.66. The molecule has 0 spiro atoms. The Morgan fingerprint density at radius 3 is 2.58 bits per heavy atom. The lowest BCUT2D eigenvalue weighted by Crippen LogP contribution is -2.41. The standard InChI is InChI=1S/C24H22FN3O3/c1-26-22(29)21-20-10-11-27(23(30)17-8-5-9-19(25)12-17)14-18(20)15-28(24(21)31)13-16-6-3-2-4-7-16/h2-9,12,15H,10-11,13-14H2,1H3,(H,26,29). The van der Waals surface area contributed by atoms with E-state index < -0.39 is 11.7 Å². The van der Waals surface area contributed by atoms with Crippen LogP contribution in [0, 0.1) is 5.82 Å². The van der Waals surface area contributed by atoms with Crippen LogP contribution >= 0.6 is 0 Å². The minimum Gasteiger partial charge on any atom is -0.355 e. The molecule has 0 aliphatic carbocycles. The molecule has 0 fully saturated rings. The van der Waals surface area contributed by atoms with E-state index in [2.05, 4.69) is 5.32 Å². The summed E-state index contributed by atoms with van der Waals surface area (Å²) in [5.41, 5.74) is 2.37. The summed E-state index contributed by atoms with van der Waals surface area (Å²) in [6.45, 7) is 0.896. The monoisotopic (exact) mass is 419 g/mol. The molecule has 0 saturated heterocycles. The van der Waals surface area contributed by atoms with Gasteiger partial charge in [0.2, 0.25) is 0 Å². The van der Waals surface area contributed by atoms with E-state index in [9.17, 15) is 18.8 Å². The van der Waals surface area contributed by atoms with Gasteiger partial charge in [-0.15, -0.1) is 0 Å². The molecule has 3 aromatic rings. The van der Waals surface area contributed by atoms with Crippen LogP contribution in [-0.4, -0.2) is 34.9 Å². The molecule has 1 N–H and O–H groups in total. The molecular weight excluding hydrogens is 397 g/mol. The molecular formula is C24H22FN3O3. The van der Waals surface area contributed by atoms with Crippen LogP contribution in [0.4, 0.5) is 4.39 Å². The van der Waals surface area contributed by atoms with Crippen LogP contribution in [0.2, 0.25) is 0 Å². The maximum atomic E-state index is 13.6. The Balaban J connectivity index is 1.73. The van der Waals surface area contributed by atoms with Gasteiger partial charge >= 0.3 is 0 Å². The zero-order valence-corrected chi connectivity index (χ0v) is 17.1. The summed E-state index contributed by atoms with van der Waals surface area (Å²) < 4.78 is 15.1. The van der Waals surface area contributed by atoms with Crippen molar-refractivity contribution in [3.8, 4) is 0 Å². The van der Waals surface area contributed by atoms with Gasteiger partial charge in [0, 0.05) is 31.9 Å². The normalized spacial score (nSPS) is 12.9. The SMILES string of the molecule is CNC(=O)c1c2c(cn(Cc3ccccc3)c1=O)CN(C(=O)c1cccc(F)c1)CC2. The van der Waals surface area contributed by atoms with Crippen molar-refractivity contribution >= 4 is 11.8 Å². The van der Waals surface area contributed by atoms with E-state index in [0.29, 0.717) is 25.1 Å². The molecule has 0 bridgehead atoms. The fourth-order valence-corrected chi connectivity index (χ4v) is 3.95. The fraction of sp³-hybridized carbons (Fsp3) is 0.208. The van der Waals surface area contributed by atoms with E-state index in [-0.39, 0.29) is 29.1 Å². The van der Waals surface area contributed by atoms with Gasteiger partial charge in [-0.3, -0.25) is 14.4 Å². The van der Waals surface area contributed by atoms with Crippen molar-refractivity contribution < 1.29 is 14.0 Å². The van der Waals surface area contributed by atoms with Crippen molar-refractivity contribution in [3.05, 3.63) is 105 Å². The van der Waals surface area contributed by atoms with Gasteiger partial charge in [0.25, 0.3) is 17.4 Å². The smallest absolute Gasteiger partial charge is 0.264 e. The molecule has 0 radical (unpaired) electrons. The maximum Gasteiger partial charge on any atom is 0.264 e. The number of pyridine rings is 1. The summed E-state index contributed by atoms with van der Waals surface area (Å²) in [5, 5.41) is 2.55. The van der Waals surface area contributed by atoms with Gasteiger partial charge < -0.3 is 14.8 Å². The zero-order valence-electron chi connectivity index (χ0n) is 17.1. The first-order valence-electron chi connectivity index (χ1n) is 10.0. The third-order valence-electron chi connectivity index (χ3n) is 5.48. The third kappa shape index (κ3) is 4.12. The van der Waals surface area contributed by atoms with Crippen molar-refractivity contribution in [3.63, 3.8) is 0 Å². The second-order valence-corrected chi connectivity index (χ2v) is 7.49. The van der Waals surface area contributed by atoms with E-state index in [1.165, 1.54) is 29.8 Å². The molecule has 6 nitrogen and oxygen atoms in total. The average molecular weight is 419 g/mol. The number of nitrogens with zero attached hydrogens (tertiary/aromatic N) is 2. The molecule has 31 heavy (non-hydrogen) atoms. The average Bonchev–Trinajstić information content (AvgIpc) is 2.79. The largest absolute Gasteiger partial charge is 0.355 e. The van der Waals surface area contributed by atoms with E-state index in [4.69, 9.17) is 0 Å². The molecule has 1 aliphatic rings. The van der Waals surface area contributed by atoms with Crippen molar-refractivity contribution in [1.29, 1.82) is 0 Å². The fourth-order valence-electron chi connectivity index (χ4n) is 3.95. The summed E-state index contributed by atoms with van der Waals surface area (Å²) >= 11 is 0.